The van der Waals surface area contributed by atoms with Crippen molar-refractivity contribution in [2.75, 3.05) is 20.2 Å². The van der Waals surface area contributed by atoms with Crippen LogP contribution in [0.5, 0.6) is 0 Å². The highest BCUT2D eigenvalue weighted by Gasteiger charge is 2.01. The first kappa shape index (κ1) is 14.8. The van der Waals surface area contributed by atoms with Crippen molar-refractivity contribution in [1.29, 1.82) is 5.26 Å². The van der Waals surface area contributed by atoms with Crippen LogP contribution in [0.15, 0.2) is 29.3 Å². The van der Waals surface area contributed by atoms with E-state index in [1.54, 1.807) is 7.05 Å². The van der Waals surface area contributed by atoms with E-state index in [0.717, 1.165) is 23.3 Å². The fourth-order valence-corrected chi connectivity index (χ4v) is 1.86. The van der Waals surface area contributed by atoms with Crippen LogP contribution < -0.4 is 10.6 Å². The first-order valence-electron chi connectivity index (χ1n) is 6.70. The number of nitriles is 1. The van der Waals surface area contributed by atoms with Crippen molar-refractivity contribution in [3.05, 3.63) is 30.1 Å². The summed E-state index contributed by atoms with van der Waals surface area (Å²) in [5, 5.41) is 13.9. The van der Waals surface area contributed by atoms with Crippen LogP contribution in [0.2, 0.25) is 0 Å². The Morgan fingerprint density at radius 3 is 3.10 bits per heavy atom. The average molecular weight is 286 g/mol. The number of ether oxygens (including phenoxy) is 1. The number of benzene rings is 1. The van der Waals surface area contributed by atoms with E-state index < -0.39 is 0 Å². The van der Waals surface area contributed by atoms with E-state index in [9.17, 15) is 0 Å². The van der Waals surface area contributed by atoms with Crippen LogP contribution in [0.1, 0.15) is 12.2 Å². The number of hydrogen-bond acceptors (Lipinski definition) is 4. The van der Waals surface area contributed by atoms with E-state index in [2.05, 4.69) is 25.6 Å². The number of guanidine groups is 1. The lowest BCUT2D eigenvalue weighted by Gasteiger charge is -2.06. The summed E-state index contributed by atoms with van der Waals surface area (Å²) in [6.07, 6.45) is 2.63. The number of aliphatic imine (C=N–C) groups is 1. The Labute approximate surface area is 123 Å². The summed E-state index contributed by atoms with van der Waals surface area (Å²) in [5.74, 6) is 1.29. The molecule has 2 aromatic rings. The lowest BCUT2D eigenvalue weighted by molar-refractivity contribution is 0.114. The maximum absolute atomic E-state index is 8.48. The van der Waals surface area contributed by atoms with E-state index in [4.69, 9.17) is 10.00 Å². The monoisotopic (exact) mass is 286 g/mol. The molecule has 2 rings (SSSR count). The smallest absolute Gasteiger partial charge is 0.204 e. The van der Waals surface area contributed by atoms with Gasteiger partial charge in [-0.1, -0.05) is 12.1 Å². The van der Waals surface area contributed by atoms with Gasteiger partial charge in [-0.3, -0.25) is 10.3 Å². The lowest BCUT2D eigenvalue weighted by atomic mass is 10.3. The Bertz CT molecular complexity index is 609. The first-order chi connectivity index (χ1) is 10.3. The molecule has 0 saturated carbocycles. The zero-order chi connectivity index (χ0) is 14.9. The molecule has 1 aromatic heterocycles. The number of para-hydroxylation sites is 2. The largest absolute Gasteiger partial charge is 0.373 e. The molecule has 7 nitrogen and oxygen atoms in total. The Morgan fingerprint density at radius 2 is 2.33 bits per heavy atom. The summed E-state index contributed by atoms with van der Waals surface area (Å²) >= 11 is 0. The minimum Gasteiger partial charge on any atom is -0.373 e. The Morgan fingerprint density at radius 1 is 1.48 bits per heavy atom. The number of nitrogens with zero attached hydrogens (tertiary/aromatic N) is 3. The van der Waals surface area contributed by atoms with Crippen molar-refractivity contribution in [3.8, 4) is 6.19 Å². The second-order valence-corrected chi connectivity index (χ2v) is 4.34. The van der Waals surface area contributed by atoms with Gasteiger partial charge < -0.3 is 15.0 Å². The van der Waals surface area contributed by atoms with E-state index >= 15 is 0 Å². The molecule has 0 unspecified atom stereocenters. The summed E-state index contributed by atoms with van der Waals surface area (Å²) in [5.41, 5.74) is 1.97. The number of aromatic amines is 1. The summed E-state index contributed by atoms with van der Waals surface area (Å²) in [7, 11) is 1.62. The van der Waals surface area contributed by atoms with Gasteiger partial charge in [0, 0.05) is 20.2 Å². The van der Waals surface area contributed by atoms with Crippen LogP contribution in [-0.4, -0.2) is 36.1 Å². The van der Waals surface area contributed by atoms with Crippen LogP contribution >= 0.6 is 0 Å². The standard InChI is InChI=1S/C14H18N6O/c1-16-14(18-10-15)17-7-4-8-21-9-13-19-11-5-2-3-6-12(11)20-13/h2-3,5-6H,4,7-9H2,1H3,(H,19,20)(H2,16,17,18). The van der Waals surface area contributed by atoms with Crippen LogP contribution in [0.4, 0.5) is 0 Å². The molecule has 1 heterocycles. The number of hydrogen-bond donors (Lipinski definition) is 3. The quantitative estimate of drug-likeness (QED) is 0.243. The van der Waals surface area contributed by atoms with Gasteiger partial charge >= 0.3 is 0 Å². The fraction of sp³-hybridized carbons (Fsp3) is 0.357. The molecule has 0 fully saturated rings. The van der Waals surface area contributed by atoms with Gasteiger partial charge in [0.25, 0.3) is 0 Å². The Balaban J connectivity index is 1.65. The van der Waals surface area contributed by atoms with Gasteiger partial charge in [-0.05, 0) is 18.6 Å². The number of aromatic nitrogens is 2. The fourth-order valence-electron chi connectivity index (χ4n) is 1.86. The second kappa shape index (κ2) is 7.87. The Hall–Kier alpha value is -2.59. The summed E-state index contributed by atoms with van der Waals surface area (Å²) in [6.45, 7) is 1.74. The van der Waals surface area contributed by atoms with Gasteiger partial charge in [-0.25, -0.2) is 4.98 Å². The Kier molecular flexibility index (Phi) is 5.55. The maximum Gasteiger partial charge on any atom is 0.204 e. The van der Waals surface area contributed by atoms with Crippen LogP contribution in [0.25, 0.3) is 11.0 Å². The predicted octanol–water partition coefficient (Wildman–Crippen LogP) is 1.12. The van der Waals surface area contributed by atoms with E-state index in [1.807, 2.05) is 30.5 Å². The average Bonchev–Trinajstić information content (AvgIpc) is 2.92. The molecular weight excluding hydrogens is 268 g/mol. The number of fused-ring (bicyclic) bond motifs is 1. The number of nitrogens with one attached hydrogen (secondary N) is 3. The topological polar surface area (TPSA) is 98.1 Å². The molecule has 0 amide bonds. The molecule has 0 aliphatic rings. The van der Waals surface area contributed by atoms with E-state index in [0.29, 0.717) is 25.7 Å². The predicted molar refractivity (Wildman–Crippen MR) is 80.5 cm³/mol. The highest BCUT2D eigenvalue weighted by atomic mass is 16.5. The molecular formula is C14H18N6O. The number of rotatable bonds is 6. The molecule has 0 saturated heterocycles. The minimum atomic E-state index is 0.458. The van der Waals surface area contributed by atoms with Crippen molar-refractivity contribution < 1.29 is 4.74 Å². The molecule has 1 aromatic carbocycles. The summed E-state index contributed by atoms with van der Waals surface area (Å²) in [4.78, 5) is 11.5. The zero-order valence-electron chi connectivity index (χ0n) is 11.9. The normalized spacial score (nSPS) is 11.3. The van der Waals surface area contributed by atoms with Gasteiger partial charge in [0.1, 0.15) is 12.4 Å². The highest BCUT2D eigenvalue weighted by Crippen LogP contribution is 2.10. The third-order valence-corrected chi connectivity index (χ3v) is 2.83. The molecule has 0 bridgehead atoms. The second-order valence-electron chi connectivity index (χ2n) is 4.34. The van der Waals surface area contributed by atoms with E-state index in [1.165, 1.54) is 0 Å². The van der Waals surface area contributed by atoms with Gasteiger partial charge in [0.15, 0.2) is 6.19 Å². The van der Waals surface area contributed by atoms with Crippen molar-refractivity contribution in [1.82, 2.24) is 20.6 Å². The van der Waals surface area contributed by atoms with Crippen molar-refractivity contribution in [2.24, 2.45) is 4.99 Å². The molecule has 0 aliphatic carbocycles. The minimum absolute atomic E-state index is 0.458. The summed E-state index contributed by atoms with van der Waals surface area (Å²) in [6, 6.07) is 7.89. The van der Waals surface area contributed by atoms with Crippen LogP contribution in [-0.2, 0) is 11.3 Å². The van der Waals surface area contributed by atoms with Crippen molar-refractivity contribution in [2.45, 2.75) is 13.0 Å². The lowest BCUT2D eigenvalue weighted by Crippen LogP contribution is -2.35. The van der Waals surface area contributed by atoms with Crippen molar-refractivity contribution >= 4 is 17.0 Å². The SMILES string of the molecule is CN=C(NC#N)NCCCOCc1nc2ccccc2[nH]1. The molecule has 0 aliphatic heterocycles. The van der Waals surface area contributed by atoms with Gasteiger partial charge in [-0.2, -0.15) is 5.26 Å². The highest BCUT2D eigenvalue weighted by molar-refractivity contribution is 5.80. The van der Waals surface area contributed by atoms with Gasteiger partial charge in [-0.15, -0.1) is 0 Å². The molecule has 3 N–H and O–H groups in total. The number of imidazole rings is 1. The van der Waals surface area contributed by atoms with Crippen LogP contribution in [0, 0.1) is 11.5 Å². The molecule has 0 spiro atoms. The van der Waals surface area contributed by atoms with Gasteiger partial charge in [0.2, 0.25) is 5.96 Å². The molecule has 110 valence electrons. The third kappa shape index (κ3) is 4.47. The summed E-state index contributed by atoms with van der Waals surface area (Å²) < 4.78 is 5.57. The molecule has 7 heteroatoms. The van der Waals surface area contributed by atoms with E-state index in [-0.39, 0.29) is 0 Å². The van der Waals surface area contributed by atoms with Gasteiger partial charge in [0.05, 0.1) is 11.0 Å². The zero-order valence-corrected chi connectivity index (χ0v) is 11.9. The third-order valence-electron chi connectivity index (χ3n) is 2.83. The maximum atomic E-state index is 8.48. The molecule has 0 atom stereocenters. The van der Waals surface area contributed by atoms with Crippen LogP contribution in [0.3, 0.4) is 0 Å². The molecule has 21 heavy (non-hydrogen) atoms. The first-order valence-corrected chi connectivity index (χ1v) is 6.70. The van der Waals surface area contributed by atoms with Crippen molar-refractivity contribution in [3.63, 3.8) is 0 Å². The molecule has 0 radical (unpaired) electrons. The number of H-pyrrole nitrogens is 1.